The number of nitrogen functional groups attached to an aromatic ring is 1. The van der Waals surface area contributed by atoms with Crippen LogP contribution in [0.3, 0.4) is 0 Å². The van der Waals surface area contributed by atoms with Crippen molar-refractivity contribution in [1.82, 2.24) is 4.98 Å². The number of halogens is 1. The molecule has 0 bridgehead atoms. The van der Waals surface area contributed by atoms with E-state index in [1.807, 2.05) is 0 Å². The number of carboxylic acids is 1. The molecule has 0 amide bonds. The van der Waals surface area contributed by atoms with Gasteiger partial charge in [0.15, 0.2) is 5.69 Å². The van der Waals surface area contributed by atoms with Crippen molar-refractivity contribution >= 4 is 40.3 Å². The number of anilines is 1. The quantitative estimate of drug-likeness (QED) is 0.658. The number of hydrogen-bond donors (Lipinski definition) is 3. The van der Waals surface area contributed by atoms with E-state index in [4.69, 9.17) is 10.8 Å². The highest BCUT2D eigenvalue weighted by Gasteiger charge is 2.11. The zero-order chi connectivity index (χ0) is 9.30. The first-order chi connectivity index (χ1) is 5.52. The molecule has 1 aromatic heterocycles. The Bertz CT molecular complexity index is 343. The summed E-state index contributed by atoms with van der Waals surface area (Å²) in [5, 5.41) is 8.61. The number of pyridine rings is 1. The van der Waals surface area contributed by atoms with Crippen molar-refractivity contribution in [3.63, 3.8) is 0 Å². The molecule has 0 spiro atoms. The Balaban J connectivity index is 3.33. The van der Waals surface area contributed by atoms with Crippen LogP contribution in [0.5, 0.6) is 0 Å². The molecule has 1 heterocycles. The molecule has 0 saturated heterocycles. The van der Waals surface area contributed by atoms with Crippen molar-refractivity contribution in [3.05, 3.63) is 16.2 Å². The number of aromatic carboxylic acids is 1. The summed E-state index contributed by atoms with van der Waals surface area (Å²) in [5.41, 5.74) is 5.25. The average molecular weight is 249 g/mol. The molecule has 64 valence electrons. The maximum absolute atomic E-state index is 10.5. The summed E-state index contributed by atoms with van der Waals surface area (Å²) >= 11 is 7.01. The summed E-state index contributed by atoms with van der Waals surface area (Å²) in [4.78, 5) is 14.6. The smallest absolute Gasteiger partial charge is 0.355 e. The van der Waals surface area contributed by atoms with E-state index in [1.165, 1.54) is 6.07 Å². The third-order valence-corrected chi connectivity index (χ3v) is 2.15. The van der Waals surface area contributed by atoms with Gasteiger partial charge in [-0.05, 0) is 22.0 Å². The minimum absolute atomic E-state index is 0.106. The molecule has 6 heteroatoms. The topological polar surface area (TPSA) is 76.2 Å². The molecule has 1 rings (SSSR count). The Kier molecular flexibility index (Phi) is 2.58. The Morgan fingerprint density at radius 1 is 1.75 bits per heavy atom. The van der Waals surface area contributed by atoms with Gasteiger partial charge in [-0.3, -0.25) is 0 Å². The normalized spacial score (nSPS) is 9.83. The lowest BCUT2D eigenvalue weighted by Gasteiger charge is -2.01. The van der Waals surface area contributed by atoms with E-state index in [9.17, 15) is 4.79 Å². The van der Waals surface area contributed by atoms with Crippen molar-refractivity contribution in [2.75, 3.05) is 5.73 Å². The van der Waals surface area contributed by atoms with Crippen LogP contribution >= 0.6 is 28.6 Å². The molecule has 1 aromatic rings. The van der Waals surface area contributed by atoms with Gasteiger partial charge in [0.25, 0.3) is 0 Å². The first-order valence-corrected chi connectivity index (χ1v) is 4.14. The van der Waals surface area contributed by atoms with Crippen LogP contribution in [-0.2, 0) is 0 Å². The van der Waals surface area contributed by atoms with Gasteiger partial charge in [0, 0.05) is 4.90 Å². The second-order valence-electron chi connectivity index (χ2n) is 2.03. The van der Waals surface area contributed by atoms with Gasteiger partial charge in [-0.25, -0.2) is 9.78 Å². The Morgan fingerprint density at radius 3 is 2.83 bits per heavy atom. The second-order valence-corrected chi connectivity index (χ2v) is 3.36. The van der Waals surface area contributed by atoms with Crippen molar-refractivity contribution in [3.8, 4) is 0 Å². The fourth-order valence-corrected chi connectivity index (χ4v) is 1.49. The minimum Gasteiger partial charge on any atom is -0.476 e. The van der Waals surface area contributed by atoms with E-state index in [-0.39, 0.29) is 11.5 Å². The van der Waals surface area contributed by atoms with Gasteiger partial charge < -0.3 is 10.8 Å². The highest BCUT2D eigenvalue weighted by molar-refractivity contribution is 9.10. The molecule has 0 unspecified atom stereocenters. The number of hydrogen-bond acceptors (Lipinski definition) is 4. The van der Waals surface area contributed by atoms with Crippen LogP contribution < -0.4 is 5.73 Å². The highest BCUT2D eigenvalue weighted by Crippen LogP contribution is 2.22. The second kappa shape index (κ2) is 3.32. The number of nitrogens with zero attached hydrogens (tertiary/aromatic N) is 1. The van der Waals surface area contributed by atoms with Crippen LogP contribution in [0.2, 0.25) is 0 Å². The van der Waals surface area contributed by atoms with Crippen LogP contribution in [0, 0.1) is 0 Å². The summed E-state index contributed by atoms with van der Waals surface area (Å²) in [6, 6.07) is 1.49. The molecule has 0 saturated carbocycles. The van der Waals surface area contributed by atoms with E-state index in [0.717, 1.165) is 0 Å². The summed E-state index contributed by atoms with van der Waals surface area (Å²) < 4.78 is 0.370. The Morgan fingerprint density at radius 2 is 2.33 bits per heavy atom. The summed E-state index contributed by atoms with van der Waals surface area (Å²) in [7, 11) is 0. The largest absolute Gasteiger partial charge is 0.476 e. The van der Waals surface area contributed by atoms with Crippen molar-refractivity contribution < 1.29 is 9.90 Å². The van der Waals surface area contributed by atoms with E-state index in [1.54, 1.807) is 0 Å². The number of aromatic nitrogens is 1. The van der Waals surface area contributed by atoms with Crippen LogP contribution in [0.25, 0.3) is 0 Å². The standard InChI is InChI=1S/C6H5BrN2O2S/c7-2-1-3(12)5(8)9-4(2)6(10)11/h1,12H,(H2,8,9)(H,10,11). The van der Waals surface area contributed by atoms with Gasteiger partial charge in [0.05, 0.1) is 4.47 Å². The molecule has 0 aliphatic rings. The van der Waals surface area contributed by atoms with Crippen LogP contribution in [0.1, 0.15) is 10.5 Å². The molecule has 4 nitrogen and oxygen atoms in total. The van der Waals surface area contributed by atoms with Gasteiger partial charge >= 0.3 is 5.97 Å². The predicted octanol–water partition coefficient (Wildman–Crippen LogP) is 1.41. The number of nitrogens with two attached hydrogens (primary N) is 1. The molecule has 0 fully saturated rings. The molecule has 12 heavy (non-hydrogen) atoms. The number of rotatable bonds is 1. The lowest BCUT2D eigenvalue weighted by atomic mass is 10.3. The van der Waals surface area contributed by atoms with Crippen LogP contribution in [0.4, 0.5) is 5.82 Å². The molecule has 0 aliphatic heterocycles. The molecule has 0 atom stereocenters. The van der Waals surface area contributed by atoms with E-state index < -0.39 is 5.97 Å². The molecule has 0 radical (unpaired) electrons. The van der Waals surface area contributed by atoms with Crippen molar-refractivity contribution in [2.24, 2.45) is 0 Å². The summed E-state index contributed by atoms with van der Waals surface area (Å²) in [5.74, 6) is -1.01. The fraction of sp³-hybridized carbons (Fsp3) is 0. The molecule has 0 aliphatic carbocycles. The zero-order valence-electron chi connectivity index (χ0n) is 5.78. The van der Waals surface area contributed by atoms with Crippen LogP contribution in [0.15, 0.2) is 15.4 Å². The Hall–Kier alpha value is -0.750. The molecule has 3 N–H and O–H groups in total. The van der Waals surface area contributed by atoms with E-state index in [0.29, 0.717) is 9.37 Å². The number of thiol groups is 1. The lowest BCUT2D eigenvalue weighted by molar-refractivity contribution is 0.0689. The first kappa shape index (κ1) is 9.34. The molecular formula is C6H5BrN2O2S. The molecule has 0 aromatic carbocycles. The van der Waals surface area contributed by atoms with Gasteiger partial charge in [-0.15, -0.1) is 12.6 Å². The van der Waals surface area contributed by atoms with Gasteiger partial charge in [0.1, 0.15) is 5.82 Å². The van der Waals surface area contributed by atoms with E-state index in [2.05, 4.69) is 33.5 Å². The van der Waals surface area contributed by atoms with Gasteiger partial charge in [0.2, 0.25) is 0 Å². The minimum atomic E-state index is -1.12. The zero-order valence-corrected chi connectivity index (χ0v) is 8.26. The van der Waals surface area contributed by atoms with Crippen molar-refractivity contribution in [1.29, 1.82) is 0 Å². The average Bonchev–Trinajstić information content (AvgIpc) is 1.96. The van der Waals surface area contributed by atoms with Crippen molar-refractivity contribution in [2.45, 2.75) is 4.90 Å². The Labute approximate surface area is 82.3 Å². The summed E-state index contributed by atoms with van der Waals surface area (Å²) in [6.07, 6.45) is 0. The maximum atomic E-state index is 10.5. The lowest BCUT2D eigenvalue weighted by Crippen LogP contribution is -2.04. The number of carboxylic acid groups (broad SMARTS) is 1. The first-order valence-electron chi connectivity index (χ1n) is 2.90. The monoisotopic (exact) mass is 248 g/mol. The van der Waals surface area contributed by atoms with E-state index >= 15 is 0 Å². The van der Waals surface area contributed by atoms with Crippen LogP contribution in [-0.4, -0.2) is 16.1 Å². The molecular weight excluding hydrogens is 244 g/mol. The third-order valence-electron chi connectivity index (χ3n) is 1.19. The SMILES string of the molecule is Nc1nc(C(=O)O)c(Br)cc1S. The third kappa shape index (κ3) is 1.70. The summed E-state index contributed by atoms with van der Waals surface area (Å²) in [6.45, 7) is 0. The number of carbonyl (C=O) groups is 1. The van der Waals surface area contributed by atoms with Gasteiger partial charge in [-0.2, -0.15) is 0 Å². The predicted molar refractivity (Wildman–Crippen MR) is 50.6 cm³/mol. The highest BCUT2D eigenvalue weighted by atomic mass is 79.9. The van der Waals surface area contributed by atoms with Gasteiger partial charge in [-0.1, -0.05) is 0 Å². The maximum Gasteiger partial charge on any atom is 0.355 e. The fourth-order valence-electron chi connectivity index (χ4n) is 0.643.